The van der Waals surface area contributed by atoms with E-state index in [-0.39, 0.29) is 25.4 Å². The van der Waals surface area contributed by atoms with Crippen molar-refractivity contribution in [2.75, 3.05) is 44.6 Å². The molecule has 3 aliphatic rings. The fraction of sp³-hybridized carbons (Fsp3) is 0.429. The molecule has 3 N–H and O–H groups in total. The molecule has 174 valence electrons. The van der Waals surface area contributed by atoms with Crippen LogP contribution < -0.4 is 10.0 Å². The zero-order chi connectivity index (χ0) is 23.0. The molecule has 11 heteroatoms. The molecule has 1 aromatic carbocycles. The monoisotopic (exact) mass is 481 g/mol. The highest BCUT2D eigenvalue weighted by Gasteiger charge is 2.29. The number of hydrogen-bond acceptors (Lipinski definition) is 6. The van der Waals surface area contributed by atoms with Crippen molar-refractivity contribution in [3.05, 3.63) is 52.9 Å². The van der Waals surface area contributed by atoms with Crippen LogP contribution in [0.25, 0.3) is 0 Å². The van der Waals surface area contributed by atoms with Crippen molar-refractivity contribution in [1.82, 2.24) is 13.9 Å². The fourth-order valence-corrected chi connectivity index (χ4v) is 4.79. The molecule has 9 nitrogen and oxygen atoms in total. The summed E-state index contributed by atoms with van der Waals surface area (Å²) in [6.07, 6.45) is 7.12. The molecule has 32 heavy (non-hydrogen) atoms. The van der Waals surface area contributed by atoms with Gasteiger partial charge < -0.3 is 20.4 Å². The topological polar surface area (TPSA) is 115 Å². The van der Waals surface area contributed by atoms with E-state index < -0.39 is 16.1 Å². The van der Waals surface area contributed by atoms with Gasteiger partial charge in [0.2, 0.25) is 5.76 Å². The molecule has 0 saturated carbocycles. The Hall–Kier alpha value is -2.40. The first-order valence-corrected chi connectivity index (χ1v) is 12.3. The number of fused-ring (bicyclic) bond motifs is 11. The lowest BCUT2D eigenvalue weighted by Crippen LogP contribution is -2.52. The first-order valence-electron chi connectivity index (χ1n) is 10.5. The van der Waals surface area contributed by atoms with Gasteiger partial charge in [-0.3, -0.25) is 4.79 Å². The molecule has 2 bridgehead atoms. The number of carbonyl (C=O) groups excluding carboxylic acids is 1. The van der Waals surface area contributed by atoms with Gasteiger partial charge in [0.25, 0.3) is 16.1 Å². The van der Waals surface area contributed by atoms with Crippen LogP contribution >= 0.6 is 11.6 Å². The van der Waals surface area contributed by atoms with Crippen LogP contribution in [0.4, 0.5) is 5.69 Å². The number of nitrogens with zero attached hydrogens (tertiary/aromatic N) is 2. The van der Waals surface area contributed by atoms with Crippen molar-refractivity contribution in [1.29, 1.82) is 5.41 Å². The van der Waals surface area contributed by atoms with Gasteiger partial charge in [-0.25, -0.2) is 0 Å². The van der Waals surface area contributed by atoms with Crippen molar-refractivity contribution in [3.63, 3.8) is 0 Å². The lowest BCUT2D eigenvalue weighted by molar-refractivity contribution is -0.116. The summed E-state index contributed by atoms with van der Waals surface area (Å²) in [5.74, 6) is -0.444. The number of benzene rings is 1. The average Bonchev–Trinajstić information content (AvgIpc) is 2.76. The maximum atomic E-state index is 13.1. The van der Waals surface area contributed by atoms with E-state index in [1.54, 1.807) is 35.2 Å². The van der Waals surface area contributed by atoms with E-state index in [1.807, 2.05) is 6.08 Å². The Morgan fingerprint density at radius 1 is 1.19 bits per heavy atom. The zero-order valence-electron chi connectivity index (χ0n) is 17.7. The second kappa shape index (κ2) is 11.5. The summed E-state index contributed by atoms with van der Waals surface area (Å²) in [5.41, 5.74) is 0.837. The number of halogens is 1. The average molecular weight is 482 g/mol. The molecule has 0 unspecified atom stereocenters. The molecular weight excluding hydrogens is 454 g/mol. The van der Waals surface area contributed by atoms with Crippen LogP contribution in [0.1, 0.15) is 19.3 Å². The summed E-state index contributed by atoms with van der Waals surface area (Å²) in [6.45, 7) is 1.71. The molecular formula is C21H28ClN5O4S. The van der Waals surface area contributed by atoms with Crippen LogP contribution in [-0.4, -0.2) is 69.1 Å². The van der Waals surface area contributed by atoms with E-state index in [9.17, 15) is 13.2 Å². The van der Waals surface area contributed by atoms with E-state index >= 15 is 0 Å². The van der Waals surface area contributed by atoms with E-state index in [2.05, 4.69) is 10.0 Å². The molecule has 0 atom stereocenters. The Balaban J connectivity index is 1.86. The molecule has 3 aliphatic heterocycles. The molecule has 1 fully saturated rings. The standard InChI is InChI=1S/C21H28ClN5O4S/c22-17-7-6-8-18(15-17)25-21(28)20-19(16-23)26-10-12-27(13-11-26)32(29,30)24-9-4-2-1-3-5-14-31-20/h2,4,6-8,15-16,23-24H,1,3,5,9-14H2,(H,25,28). The zero-order valence-corrected chi connectivity index (χ0v) is 19.3. The third-order valence-electron chi connectivity index (χ3n) is 5.14. The number of rotatable bonds is 3. The van der Waals surface area contributed by atoms with Crippen molar-refractivity contribution in [2.45, 2.75) is 19.3 Å². The second-order valence-electron chi connectivity index (χ2n) is 7.38. The summed E-state index contributed by atoms with van der Waals surface area (Å²) in [6, 6.07) is 6.78. The van der Waals surface area contributed by atoms with Gasteiger partial charge in [-0.1, -0.05) is 29.8 Å². The summed E-state index contributed by atoms with van der Waals surface area (Å²) >= 11 is 6.02. The molecule has 1 amide bonds. The maximum absolute atomic E-state index is 13.1. The lowest BCUT2D eigenvalue weighted by Gasteiger charge is -2.36. The van der Waals surface area contributed by atoms with Gasteiger partial charge in [0, 0.05) is 49.6 Å². The Morgan fingerprint density at radius 2 is 1.97 bits per heavy atom. The number of piperazine rings is 1. The molecule has 0 aliphatic carbocycles. The predicted molar refractivity (Wildman–Crippen MR) is 125 cm³/mol. The first-order chi connectivity index (χ1) is 15.4. The van der Waals surface area contributed by atoms with Crippen LogP contribution in [-0.2, 0) is 19.7 Å². The number of ether oxygens (including phenoxy) is 1. The Bertz CT molecular complexity index is 988. The molecule has 0 radical (unpaired) electrons. The molecule has 1 aromatic rings. The number of anilines is 1. The van der Waals surface area contributed by atoms with Gasteiger partial charge >= 0.3 is 0 Å². The summed E-state index contributed by atoms with van der Waals surface area (Å²) < 4.78 is 34.9. The molecule has 0 aromatic heterocycles. The Kier molecular flexibility index (Phi) is 8.68. The van der Waals surface area contributed by atoms with E-state index in [0.29, 0.717) is 42.5 Å². The highest BCUT2D eigenvalue weighted by atomic mass is 35.5. The van der Waals surface area contributed by atoms with Gasteiger partial charge in [0.05, 0.1) is 6.61 Å². The third-order valence-corrected chi connectivity index (χ3v) is 6.95. The number of allylic oxidation sites excluding steroid dienone is 2. The number of hydrogen-bond donors (Lipinski definition) is 3. The number of amides is 1. The van der Waals surface area contributed by atoms with Crippen LogP contribution in [0.2, 0.25) is 5.02 Å². The number of carbonyl (C=O) groups is 1. The molecule has 1 saturated heterocycles. The second-order valence-corrected chi connectivity index (χ2v) is 9.57. The van der Waals surface area contributed by atoms with Gasteiger partial charge in [0.15, 0.2) is 0 Å². The largest absolute Gasteiger partial charge is 0.486 e. The van der Waals surface area contributed by atoms with Crippen LogP contribution in [0, 0.1) is 5.41 Å². The van der Waals surface area contributed by atoms with E-state index in [4.69, 9.17) is 21.7 Å². The lowest BCUT2D eigenvalue weighted by atomic mass is 10.2. The van der Waals surface area contributed by atoms with Gasteiger partial charge in [-0.2, -0.15) is 17.4 Å². The summed E-state index contributed by atoms with van der Waals surface area (Å²) in [7, 11) is -3.59. The molecule has 4 rings (SSSR count). The van der Waals surface area contributed by atoms with Crippen molar-refractivity contribution in [3.8, 4) is 0 Å². The first kappa shape index (κ1) is 24.2. The van der Waals surface area contributed by atoms with Gasteiger partial charge in [-0.15, -0.1) is 0 Å². The van der Waals surface area contributed by atoms with Gasteiger partial charge in [-0.05, 0) is 37.5 Å². The fourth-order valence-electron chi connectivity index (χ4n) is 3.46. The third kappa shape index (κ3) is 6.55. The Morgan fingerprint density at radius 3 is 2.69 bits per heavy atom. The minimum Gasteiger partial charge on any atom is -0.486 e. The smallest absolute Gasteiger partial charge is 0.293 e. The SMILES string of the molecule is N=CC1=C(C(=O)Nc2cccc(Cl)c2)OCCCCC=CCNS(=O)(=O)N2CCN1CC2. The van der Waals surface area contributed by atoms with Crippen molar-refractivity contribution < 1.29 is 17.9 Å². The van der Waals surface area contributed by atoms with Crippen molar-refractivity contribution in [2.24, 2.45) is 0 Å². The van der Waals surface area contributed by atoms with Crippen molar-refractivity contribution >= 4 is 39.6 Å². The predicted octanol–water partition coefficient (Wildman–Crippen LogP) is 2.35. The minimum absolute atomic E-state index is 0.0389. The summed E-state index contributed by atoms with van der Waals surface area (Å²) in [4.78, 5) is 14.9. The quantitative estimate of drug-likeness (QED) is 0.453. The van der Waals surface area contributed by atoms with Crippen LogP contribution in [0.15, 0.2) is 47.9 Å². The molecule has 0 spiro atoms. The highest BCUT2D eigenvalue weighted by molar-refractivity contribution is 7.87. The number of nitrogens with one attached hydrogen (secondary N) is 3. The van der Waals surface area contributed by atoms with E-state index in [1.165, 1.54) is 4.31 Å². The Labute approximate surface area is 193 Å². The van der Waals surface area contributed by atoms with Crippen LogP contribution in [0.3, 0.4) is 0 Å². The maximum Gasteiger partial charge on any atom is 0.293 e. The molecule has 3 heterocycles. The highest BCUT2D eigenvalue weighted by Crippen LogP contribution is 2.20. The summed E-state index contributed by atoms with van der Waals surface area (Å²) in [5, 5.41) is 11.2. The normalized spacial score (nSPS) is 20.6. The van der Waals surface area contributed by atoms with E-state index in [0.717, 1.165) is 19.1 Å². The minimum atomic E-state index is -3.59. The van der Waals surface area contributed by atoms with Gasteiger partial charge in [0.1, 0.15) is 5.70 Å². The van der Waals surface area contributed by atoms with Crippen LogP contribution in [0.5, 0.6) is 0 Å².